The summed E-state index contributed by atoms with van der Waals surface area (Å²) in [5.74, 6) is -1.88. The second-order valence-electron chi connectivity index (χ2n) is 5.73. The number of benzene rings is 2. The minimum Gasteiger partial charge on any atom is -0.505 e. The Kier molecular flexibility index (Phi) is 4.91. The molecule has 3 rings (SSSR count). The van der Waals surface area contributed by atoms with Gasteiger partial charge in [-0.3, -0.25) is 4.79 Å². The quantitative estimate of drug-likeness (QED) is 0.508. The van der Waals surface area contributed by atoms with Crippen LogP contribution in [0.2, 0.25) is 0 Å². The van der Waals surface area contributed by atoms with E-state index in [0.717, 1.165) is 0 Å². The van der Waals surface area contributed by atoms with Gasteiger partial charge in [0.15, 0.2) is 11.4 Å². The number of hydrogen-bond donors (Lipinski definition) is 4. The van der Waals surface area contributed by atoms with Gasteiger partial charge in [0, 0.05) is 16.5 Å². The van der Waals surface area contributed by atoms with Crippen molar-refractivity contribution in [2.45, 2.75) is 13.2 Å². The van der Waals surface area contributed by atoms with E-state index in [1.54, 1.807) is 37.3 Å². The number of nitrogens with one attached hydrogen (secondary N) is 1. The molecule has 0 saturated carbocycles. The highest BCUT2D eigenvalue weighted by Crippen LogP contribution is 2.33. The minimum absolute atomic E-state index is 0.345. The Balaban J connectivity index is 1.96. The number of aliphatic hydroxyl groups is 1. The van der Waals surface area contributed by atoms with Gasteiger partial charge < -0.3 is 25.4 Å². The van der Waals surface area contributed by atoms with Crippen LogP contribution in [0.3, 0.4) is 0 Å². The largest absolute Gasteiger partial charge is 0.505 e. The third-order valence-corrected chi connectivity index (χ3v) is 3.84. The van der Waals surface area contributed by atoms with E-state index < -0.39 is 23.9 Å². The number of carboxylic acid groups (broad SMARTS) is 1. The van der Waals surface area contributed by atoms with E-state index in [-0.39, 0.29) is 5.69 Å². The number of nitrogens with zero attached hydrogens (tertiary/aromatic N) is 1. The standard InChI is InChI=1S/C19H16N2O6/c1-10-14-9-12(27-11-5-3-2-4-6-11)7-8-13(14)16(22)15(20-10)17(23)21-18(24)19(25)26/h2-9,18,22,24H,1H3,(H,21,23)(H,25,26). The van der Waals surface area contributed by atoms with Crippen LogP contribution in [0.15, 0.2) is 48.5 Å². The van der Waals surface area contributed by atoms with Crippen LogP contribution >= 0.6 is 0 Å². The first-order valence-electron chi connectivity index (χ1n) is 7.95. The molecule has 1 amide bonds. The number of pyridine rings is 1. The van der Waals surface area contributed by atoms with Crippen LogP contribution in [0.4, 0.5) is 0 Å². The number of aryl methyl sites for hydroxylation is 1. The number of fused-ring (bicyclic) bond motifs is 1. The highest BCUT2D eigenvalue weighted by Gasteiger charge is 2.23. The number of aromatic nitrogens is 1. The molecule has 2 aromatic carbocycles. The van der Waals surface area contributed by atoms with E-state index in [4.69, 9.17) is 9.84 Å². The van der Waals surface area contributed by atoms with Crippen molar-refractivity contribution in [1.82, 2.24) is 10.3 Å². The lowest BCUT2D eigenvalue weighted by Gasteiger charge is -2.13. The summed E-state index contributed by atoms with van der Waals surface area (Å²) in [4.78, 5) is 26.8. The van der Waals surface area contributed by atoms with Gasteiger partial charge in [-0.1, -0.05) is 18.2 Å². The predicted molar refractivity (Wildman–Crippen MR) is 95.8 cm³/mol. The summed E-state index contributed by atoms with van der Waals surface area (Å²) in [7, 11) is 0. The summed E-state index contributed by atoms with van der Waals surface area (Å²) in [6.45, 7) is 1.64. The first-order valence-corrected chi connectivity index (χ1v) is 7.95. The molecule has 8 heteroatoms. The lowest BCUT2D eigenvalue weighted by Crippen LogP contribution is -2.40. The van der Waals surface area contributed by atoms with Gasteiger partial charge in [0.05, 0.1) is 0 Å². The number of hydrogen-bond acceptors (Lipinski definition) is 6. The smallest absolute Gasteiger partial charge is 0.353 e. The molecule has 1 heterocycles. The van der Waals surface area contributed by atoms with E-state index >= 15 is 0 Å². The molecule has 0 aliphatic carbocycles. The third kappa shape index (κ3) is 3.80. The first kappa shape index (κ1) is 18.2. The Labute approximate surface area is 153 Å². The summed E-state index contributed by atoms with van der Waals surface area (Å²) in [5.41, 5.74) is 0.0494. The van der Waals surface area contributed by atoms with Crippen molar-refractivity contribution in [2.24, 2.45) is 0 Å². The van der Waals surface area contributed by atoms with Crippen LogP contribution in [-0.2, 0) is 4.79 Å². The van der Waals surface area contributed by atoms with Crippen LogP contribution in [0.25, 0.3) is 10.8 Å². The maximum absolute atomic E-state index is 12.1. The molecule has 4 N–H and O–H groups in total. The van der Waals surface area contributed by atoms with Crippen molar-refractivity contribution >= 4 is 22.6 Å². The molecule has 27 heavy (non-hydrogen) atoms. The number of carbonyl (C=O) groups is 2. The first-order chi connectivity index (χ1) is 12.9. The monoisotopic (exact) mass is 368 g/mol. The van der Waals surface area contributed by atoms with E-state index in [1.165, 1.54) is 0 Å². The van der Waals surface area contributed by atoms with Crippen LogP contribution in [-0.4, -0.2) is 38.4 Å². The highest BCUT2D eigenvalue weighted by atomic mass is 16.5. The number of carboxylic acids is 1. The highest BCUT2D eigenvalue weighted by molar-refractivity contribution is 6.03. The molecule has 0 saturated heterocycles. The minimum atomic E-state index is -2.10. The summed E-state index contributed by atoms with van der Waals surface area (Å²) in [6.07, 6.45) is -2.10. The Morgan fingerprint density at radius 3 is 2.44 bits per heavy atom. The van der Waals surface area contributed by atoms with Crippen molar-refractivity contribution < 1.29 is 29.6 Å². The fourth-order valence-electron chi connectivity index (χ4n) is 2.54. The van der Waals surface area contributed by atoms with Gasteiger partial charge in [-0.25, -0.2) is 9.78 Å². The molecular formula is C19H16N2O6. The average molecular weight is 368 g/mol. The van der Waals surface area contributed by atoms with Crippen molar-refractivity contribution in [1.29, 1.82) is 0 Å². The number of para-hydroxylation sites is 1. The molecule has 0 aliphatic heterocycles. The number of aromatic hydroxyl groups is 1. The Bertz CT molecular complexity index is 1020. The normalized spacial score (nSPS) is 11.8. The van der Waals surface area contributed by atoms with Crippen LogP contribution < -0.4 is 10.1 Å². The number of rotatable bonds is 5. The van der Waals surface area contributed by atoms with Gasteiger partial charge in [0.25, 0.3) is 5.91 Å². The van der Waals surface area contributed by atoms with Crippen LogP contribution in [0.1, 0.15) is 16.2 Å². The molecule has 0 fully saturated rings. The summed E-state index contributed by atoms with van der Waals surface area (Å²) >= 11 is 0. The summed E-state index contributed by atoms with van der Waals surface area (Å²) in [6, 6.07) is 14.0. The van der Waals surface area contributed by atoms with E-state index in [9.17, 15) is 19.8 Å². The number of amides is 1. The Morgan fingerprint density at radius 1 is 1.07 bits per heavy atom. The molecule has 0 radical (unpaired) electrons. The molecule has 1 aromatic heterocycles. The maximum atomic E-state index is 12.1. The molecule has 3 aromatic rings. The van der Waals surface area contributed by atoms with E-state index in [1.807, 2.05) is 23.5 Å². The van der Waals surface area contributed by atoms with Gasteiger partial charge in [0.2, 0.25) is 6.23 Å². The zero-order valence-corrected chi connectivity index (χ0v) is 14.2. The zero-order valence-electron chi connectivity index (χ0n) is 14.2. The van der Waals surface area contributed by atoms with Gasteiger partial charge in [-0.2, -0.15) is 0 Å². The topological polar surface area (TPSA) is 129 Å². The van der Waals surface area contributed by atoms with Crippen LogP contribution in [0.5, 0.6) is 17.2 Å². The zero-order chi connectivity index (χ0) is 19.6. The van der Waals surface area contributed by atoms with Crippen LogP contribution in [0, 0.1) is 6.92 Å². The maximum Gasteiger partial charge on any atom is 0.353 e. The van der Waals surface area contributed by atoms with Gasteiger partial charge >= 0.3 is 5.97 Å². The summed E-state index contributed by atoms with van der Waals surface area (Å²) in [5, 5.41) is 31.1. The summed E-state index contributed by atoms with van der Waals surface area (Å²) < 4.78 is 5.75. The lowest BCUT2D eigenvalue weighted by atomic mass is 10.1. The molecule has 0 aliphatic rings. The second-order valence-corrected chi connectivity index (χ2v) is 5.73. The molecule has 0 bridgehead atoms. The fourth-order valence-corrected chi connectivity index (χ4v) is 2.54. The molecular weight excluding hydrogens is 352 g/mol. The van der Waals surface area contributed by atoms with Crippen molar-refractivity contribution in [3.63, 3.8) is 0 Å². The Hall–Kier alpha value is -3.65. The van der Waals surface area contributed by atoms with Crippen molar-refractivity contribution in [3.05, 3.63) is 59.9 Å². The average Bonchev–Trinajstić information content (AvgIpc) is 2.65. The second kappa shape index (κ2) is 7.30. The molecule has 8 nitrogen and oxygen atoms in total. The Morgan fingerprint density at radius 2 is 1.78 bits per heavy atom. The van der Waals surface area contributed by atoms with Gasteiger partial charge in [-0.05, 0) is 37.3 Å². The lowest BCUT2D eigenvalue weighted by molar-refractivity contribution is -0.147. The van der Waals surface area contributed by atoms with E-state index in [0.29, 0.717) is 28.0 Å². The fraction of sp³-hybridized carbons (Fsp3) is 0.105. The van der Waals surface area contributed by atoms with Crippen molar-refractivity contribution in [3.8, 4) is 17.2 Å². The molecule has 1 atom stereocenters. The number of aliphatic carboxylic acids is 1. The predicted octanol–water partition coefficient (Wildman–Crippen LogP) is 2.17. The van der Waals surface area contributed by atoms with Gasteiger partial charge in [-0.15, -0.1) is 0 Å². The number of ether oxygens (including phenoxy) is 1. The SMILES string of the molecule is Cc1nc(C(=O)NC(O)C(=O)O)c(O)c2ccc(Oc3ccccc3)cc12. The van der Waals surface area contributed by atoms with E-state index in [2.05, 4.69) is 4.98 Å². The molecule has 0 spiro atoms. The number of aliphatic hydroxyl groups excluding tert-OH is 1. The van der Waals surface area contributed by atoms with Gasteiger partial charge in [0.1, 0.15) is 11.5 Å². The molecule has 1 unspecified atom stereocenters. The van der Waals surface area contributed by atoms with Crippen molar-refractivity contribution in [2.75, 3.05) is 0 Å². The molecule has 138 valence electrons. The number of carbonyl (C=O) groups excluding carboxylic acids is 1. The third-order valence-electron chi connectivity index (χ3n) is 3.84.